The molecule has 0 bridgehead atoms. The molecule has 1 aliphatic rings. The number of aromatic nitrogens is 3. The van der Waals surface area contributed by atoms with Crippen LogP contribution in [0.15, 0.2) is 6.33 Å². The van der Waals surface area contributed by atoms with E-state index in [4.69, 9.17) is 4.74 Å². The fourth-order valence-corrected chi connectivity index (χ4v) is 0.911. The second-order valence-electron chi connectivity index (χ2n) is 2.55. The lowest BCUT2D eigenvalue weighted by atomic mass is 10.2. The zero-order valence-electron chi connectivity index (χ0n) is 6.08. The quantitative estimate of drug-likeness (QED) is 0.604. The molecule has 2 heterocycles. The smallest absolute Gasteiger partial charge is 0.138 e. The summed E-state index contributed by atoms with van der Waals surface area (Å²) in [4.78, 5) is 3.98. The normalized spacial score (nSPS) is 18.2. The molecule has 1 aromatic heterocycles. The molecule has 5 nitrogen and oxygen atoms in total. The van der Waals surface area contributed by atoms with Crippen LogP contribution >= 0.6 is 0 Å². The van der Waals surface area contributed by atoms with Crippen LogP contribution in [0.25, 0.3) is 0 Å². The van der Waals surface area contributed by atoms with Crippen molar-refractivity contribution in [3.8, 4) is 0 Å². The van der Waals surface area contributed by atoms with Crippen molar-refractivity contribution in [2.75, 3.05) is 13.2 Å². The molecule has 0 aliphatic carbocycles. The van der Waals surface area contributed by atoms with Gasteiger partial charge in [-0.05, 0) is 0 Å². The number of nitrogens with one attached hydrogen (secondary N) is 2. The number of H-pyrrole nitrogens is 1. The molecule has 0 amide bonds. The third kappa shape index (κ3) is 1.55. The minimum absolute atomic E-state index is 0.500. The van der Waals surface area contributed by atoms with Gasteiger partial charge >= 0.3 is 0 Å². The van der Waals surface area contributed by atoms with Gasteiger partial charge < -0.3 is 10.1 Å². The summed E-state index contributed by atoms with van der Waals surface area (Å²) in [6.07, 6.45) is 1.51. The molecule has 2 N–H and O–H groups in total. The monoisotopic (exact) mass is 154 g/mol. The molecule has 0 unspecified atom stereocenters. The molecule has 0 atom stereocenters. The number of aromatic amines is 1. The predicted octanol–water partition coefficient (Wildman–Crippen LogP) is -0.707. The van der Waals surface area contributed by atoms with Gasteiger partial charge in [-0.3, -0.25) is 5.10 Å². The maximum Gasteiger partial charge on any atom is 0.138 e. The summed E-state index contributed by atoms with van der Waals surface area (Å²) in [5.74, 6) is 0.872. The number of hydrogen-bond acceptors (Lipinski definition) is 4. The van der Waals surface area contributed by atoms with Gasteiger partial charge in [0, 0.05) is 0 Å². The van der Waals surface area contributed by atoms with Gasteiger partial charge in [0.2, 0.25) is 0 Å². The zero-order valence-corrected chi connectivity index (χ0v) is 6.08. The van der Waals surface area contributed by atoms with Crippen molar-refractivity contribution < 1.29 is 4.74 Å². The molecule has 1 aliphatic heterocycles. The molecule has 0 spiro atoms. The van der Waals surface area contributed by atoms with Crippen LogP contribution in [0, 0.1) is 0 Å². The van der Waals surface area contributed by atoms with Crippen LogP contribution in [-0.4, -0.2) is 34.4 Å². The van der Waals surface area contributed by atoms with Gasteiger partial charge in [-0.2, -0.15) is 5.10 Å². The maximum atomic E-state index is 5.00. The van der Waals surface area contributed by atoms with E-state index in [-0.39, 0.29) is 0 Å². The van der Waals surface area contributed by atoms with Crippen molar-refractivity contribution in [1.82, 2.24) is 20.5 Å². The summed E-state index contributed by atoms with van der Waals surface area (Å²) in [5, 5.41) is 9.78. The van der Waals surface area contributed by atoms with Gasteiger partial charge in [-0.25, -0.2) is 4.98 Å². The highest BCUT2D eigenvalue weighted by Gasteiger charge is 2.17. The van der Waals surface area contributed by atoms with Crippen LogP contribution in [0.3, 0.4) is 0 Å². The van der Waals surface area contributed by atoms with Crippen LogP contribution < -0.4 is 5.32 Å². The molecule has 1 fully saturated rings. The van der Waals surface area contributed by atoms with Crippen LogP contribution in [0.4, 0.5) is 0 Å². The average molecular weight is 154 g/mol. The van der Waals surface area contributed by atoms with E-state index in [1.165, 1.54) is 6.33 Å². The minimum atomic E-state index is 0.500. The average Bonchev–Trinajstić information content (AvgIpc) is 2.36. The summed E-state index contributed by atoms with van der Waals surface area (Å²) in [6.45, 7) is 2.37. The second kappa shape index (κ2) is 2.98. The van der Waals surface area contributed by atoms with Crippen molar-refractivity contribution in [3.05, 3.63) is 12.2 Å². The van der Waals surface area contributed by atoms with E-state index >= 15 is 0 Å². The molecular weight excluding hydrogens is 144 g/mol. The molecule has 0 saturated carbocycles. The summed E-state index contributed by atoms with van der Waals surface area (Å²) >= 11 is 0. The van der Waals surface area contributed by atoms with E-state index < -0.39 is 0 Å². The highest BCUT2D eigenvalue weighted by atomic mass is 16.5. The Morgan fingerprint density at radius 1 is 1.73 bits per heavy atom. The van der Waals surface area contributed by atoms with Gasteiger partial charge in [-0.1, -0.05) is 0 Å². The highest BCUT2D eigenvalue weighted by molar-refractivity contribution is 4.82. The Bertz CT molecular complexity index is 206. The standard InChI is InChI=1S/C6H10N4O/c1(6-8-4-9-10-6)7-5-2-11-3-5/h4-5,7H,1-3H2,(H,8,9,10). The van der Waals surface area contributed by atoms with Crippen LogP contribution in [-0.2, 0) is 11.3 Å². The van der Waals surface area contributed by atoms with E-state index in [1.54, 1.807) is 0 Å². The first-order valence-corrected chi connectivity index (χ1v) is 3.60. The minimum Gasteiger partial charge on any atom is -0.378 e. The fraction of sp³-hybridized carbons (Fsp3) is 0.667. The Balaban J connectivity index is 1.74. The summed E-state index contributed by atoms with van der Waals surface area (Å²) < 4.78 is 5.00. The van der Waals surface area contributed by atoms with Gasteiger partial charge in [0.1, 0.15) is 12.2 Å². The van der Waals surface area contributed by atoms with E-state index in [0.29, 0.717) is 6.04 Å². The predicted molar refractivity (Wildman–Crippen MR) is 37.8 cm³/mol. The maximum absolute atomic E-state index is 5.00. The van der Waals surface area contributed by atoms with Crippen LogP contribution in [0.5, 0.6) is 0 Å². The molecule has 5 heteroatoms. The SMILES string of the molecule is c1n[nH]c(CNC2COC2)n1. The summed E-state index contributed by atoms with van der Waals surface area (Å²) in [5.41, 5.74) is 0. The third-order valence-corrected chi connectivity index (χ3v) is 1.66. The molecular formula is C6H10N4O. The van der Waals surface area contributed by atoms with Gasteiger partial charge in [0.05, 0.1) is 25.8 Å². The molecule has 0 radical (unpaired) electrons. The van der Waals surface area contributed by atoms with E-state index in [1.807, 2.05) is 0 Å². The topological polar surface area (TPSA) is 62.8 Å². The molecule has 11 heavy (non-hydrogen) atoms. The Hall–Kier alpha value is -0.940. The molecule has 0 aromatic carbocycles. The number of hydrogen-bond donors (Lipinski definition) is 2. The van der Waals surface area contributed by atoms with Gasteiger partial charge in [0.25, 0.3) is 0 Å². The van der Waals surface area contributed by atoms with E-state index in [2.05, 4.69) is 20.5 Å². The Morgan fingerprint density at radius 2 is 2.64 bits per heavy atom. The van der Waals surface area contributed by atoms with E-state index in [0.717, 1.165) is 25.6 Å². The lowest BCUT2D eigenvalue weighted by Gasteiger charge is -2.26. The number of nitrogens with zero attached hydrogens (tertiary/aromatic N) is 2. The largest absolute Gasteiger partial charge is 0.378 e. The van der Waals surface area contributed by atoms with Crippen LogP contribution in [0.1, 0.15) is 5.82 Å². The fourth-order valence-electron chi connectivity index (χ4n) is 0.911. The van der Waals surface area contributed by atoms with Crippen molar-refractivity contribution in [2.24, 2.45) is 0 Å². The second-order valence-corrected chi connectivity index (χ2v) is 2.55. The number of ether oxygens (including phenoxy) is 1. The first kappa shape index (κ1) is 6.75. The zero-order chi connectivity index (χ0) is 7.52. The van der Waals surface area contributed by atoms with Crippen molar-refractivity contribution >= 4 is 0 Å². The lowest BCUT2D eigenvalue weighted by molar-refractivity contribution is -0.00603. The summed E-state index contributed by atoms with van der Waals surface area (Å²) in [7, 11) is 0. The van der Waals surface area contributed by atoms with Gasteiger partial charge in [0.15, 0.2) is 0 Å². The molecule has 1 saturated heterocycles. The van der Waals surface area contributed by atoms with Crippen LogP contribution in [0.2, 0.25) is 0 Å². The summed E-state index contributed by atoms with van der Waals surface area (Å²) in [6, 6.07) is 0.500. The van der Waals surface area contributed by atoms with Gasteiger partial charge in [-0.15, -0.1) is 0 Å². The first-order valence-electron chi connectivity index (χ1n) is 3.60. The van der Waals surface area contributed by atoms with Crippen molar-refractivity contribution in [1.29, 1.82) is 0 Å². The Labute approximate surface area is 64.2 Å². The number of rotatable bonds is 3. The molecule has 1 aromatic rings. The highest BCUT2D eigenvalue weighted by Crippen LogP contribution is 1.99. The molecule has 2 rings (SSSR count). The van der Waals surface area contributed by atoms with E-state index in [9.17, 15) is 0 Å². The lowest BCUT2D eigenvalue weighted by Crippen LogP contribution is -2.45. The van der Waals surface area contributed by atoms with Crippen molar-refractivity contribution in [2.45, 2.75) is 12.6 Å². The first-order chi connectivity index (χ1) is 5.45. The molecule has 60 valence electrons. The van der Waals surface area contributed by atoms with Crippen molar-refractivity contribution in [3.63, 3.8) is 0 Å². The Morgan fingerprint density at radius 3 is 3.18 bits per heavy atom. The Kier molecular flexibility index (Phi) is 1.83. The third-order valence-electron chi connectivity index (χ3n) is 1.66.